The molecule has 8 nitrogen and oxygen atoms in total. The van der Waals surface area contributed by atoms with Gasteiger partial charge in [0.05, 0.1) is 27.5 Å². The average molecular weight is 503 g/mol. The van der Waals surface area contributed by atoms with E-state index in [1.54, 1.807) is 33.5 Å². The van der Waals surface area contributed by atoms with Crippen molar-refractivity contribution >= 4 is 12.1 Å². The molecule has 1 fully saturated rings. The Kier molecular flexibility index (Phi) is 9.13. The van der Waals surface area contributed by atoms with Gasteiger partial charge in [0, 0.05) is 50.4 Å². The van der Waals surface area contributed by atoms with Crippen LogP contribution in [0.1, 0.15) is 27.0 Å². The number of piperazine rings is 1. The summed E-state index contributed by atoms with van der Waals surface area (Å²) in [6.45, 7) is 6.05. The summed E-state index contributed by atoms with van der Waals surface area (Å²) in [6.07, 6.45) is 1.54. The SMILES string of the molecule is COc1cc(/C=N\NC(=O)c2ccc(CN3CCN(Cc4ccccc4)CC3)cc2)cc(OC)c1OC. The third kappa shape index (κ3) is 7.09. The van der Waals surface area contributed by atoms with Crippen molar-refractivity contribution in [1.82, 2.24) is 15.2 Å². The van der Waals surface area contributed by atoms with Gasteiger partial charge >= 0.3 is 0 Å². The van der Waals surface area contributed by atoms with Crippen molar-refractivity contribution in [3.63, 3.8) is 0 Å². The second-order valence-corrected chi connectivity index (χ2v) is 8.89. The molecule has 0 spiro atoms. The van der Waals surface area contributed by atoms with Crippen LogP contribution in [0.5, 0.6) is 17.2 Å². The predicted molar refractivity (Wildman–Crippen MR) is 145 cm³/mol. The number of hydrazone groups is 1. The molecule has 1 aliphatic heterocycles. The van der Waals surface area contributed by atoms with Crippen LogP contribution in [0.25, 0.3) is 0 Å². The van der Waals surface area contributed by atoms with Crippen LogP contribution in [0, 0.1) is 0 Å². The zero-order valence-corrected chi connectivity index (χ0v) is 21.6. The predicted octanol–water partition coefficient (Wildman–Crippen LogP) is 3.79. The van der Waals surface area contributed by atoms with Crippen LogP contribution in [-0.2, 0) is 13.1 Å². The van der Waals surface area contributed by atoms with E-state index in [2.05, 4.69) is 50.7 Å². The molecule has 4 rings (SSSR count). The van der Waals surface area contributed by atoms with E-state index in [-0.39, 0.29) is 5.91 Å². The summed E-state index contributed by atoms with van der Waals surface area (Å²) < 4.78 is 16.0. The van der Waals surface area contributed by atoms with Crippen LogP contribution in [-0.4, -0.2) is 69.4 Å². The molecule has 37 heavy (non-hydrogen) atoms. The minimum atomic E-state index is -0.273. The number of hydrogen-bond donors (Lipinski definition) is 1. The largest absolute Gasteiger partial charge is 0.493 e. The molecule has 1 heterocycles. The van der Waals surface area contributed by atoms with E-state index in [0.717, 1.165) is 39.3 Å². The number of carbonyl (C=O) groups is 1. The van der Waals surface area contributed by atoms with Crippen molar-refractivity contribution in [2.45, 2.75) is 13.1 Å². The zero-order chi connectivity index (χ0) is 26.0. The van der Waals surface area contributed by atoms with Gasteiger partial charge in [0.1, 0.15) is 0 Å². The third-order valence-corrected chi connectivity index (χ3v) is 6.40. The summed E-state index contributed by atoms with van der Waals surface area (Å²) >= 11 is 0. The number of ether oxygens (including phenoxy) is 3. The second-order valence-electron chi connectivity index (χ2n) is 8.89. The molecule has 8 heteroatoms. The second kappa shape index (κ2) is 12.9. The fourth-order valence-corrected chi connectivity index (χ4v) is 4.37. The molecular weight excluding hydrogens is 468 g/mol. The lowest BCUT2D eigenvalue weighted by molar-refractivity contribution is 0.0955. The van der Waals surface area contributed by atoms with Crippen molar-refractivity contribution in [3.05, 3.63) is 89.0 Å². The fourth-order valence-electron chi connectivity index (χ4n) is 4.37. The molecule has 0 unspecified atom stereocenters. The highest BCUT2D eigenvalue weighted by molar-refractivity contribution is 5.95. The molecule has 1 amide bonds. The fraction of sp³-hybridized carbons (Fsp3) is 0.310. The summed E-state index contributed by atoms with van der Waals surface area (Å²) in [5.74, 6) is 1.26. The monoisotopic (exact) mass is 502 g/mol. The van der Waals surface area contributed by atoms with Gasteiger partial charge in [-0.25, -0.2) is 5.43 Å². The van der Waals surface area contributed by atoms with Gasteiger partial charge in [0.2, 0.25) is 5.75 Å². The Bertz CT molecular complexity index is 1170. The highest BCUT2D eigenvalue weighted by atomic mass is 16.5. The lowest BCUT2D eigenvalue weighted by Gasteiger charge is -2.34. The van der Waals surface area contributed by atoms with Crippen LogP contribution < -0.4 is 19.6 Å². The summed E-state index contributed by atoms with van der Waals surface area (Å²) in [5, 5.41) is 4.09. The molecule has 0 radical (unpaired) electrons. The van der Waals surface area contributed by atoms with Gasteiger partial charge in [-0.15, -0.1) is 0 Å². The summed E-state index contributed by atoms with van der Waals surface area (Å²) in [5.41, 5.74) is 6.38. The van der Waals surface area contributed by atoms with E-state index in [9.17, 15) is 4.79 Å². The Labute approximate surface area is 218 Å². The van der Waals surface area contributed by atoms with E-state index in [1.807, 2.05) is 24.3 Å². The number of hydrogen-bond acceptors (Lipinski definition) is 7. The molecule has 0 aliphatic carbocycles. The van der Waals surface area contributed by atoms with E-state index >= 15 is 0 Å². The van der Waals surface area contributed by atoms with E-state index in [0.29, 0.717) is 28.4 Å². The van der Waals surface area contributed by atoms with E-state index in [1.165, 1.54) is 17.3 Å². The quantitative estimate of drug-likeness (QED) is 0.336. The van der Waals surface area contributed by atoms with Gasteiger partial charge in [-0.3, -0.25) is 14.6 Å². The van der Waals surface area contributed by atoms with Gasteiger partial charge in [-0.05, 0) is 35.4 Å². The van der Waals surface area contributed by atoms with Crippen molar-refractivity contribution in [3.8, 4) is 17.2 Å². The maximum Gasteiger partial charge on any atom is 0.271 e. The minimum Gasteiger partial charge on any atom is -0.493 e. The molecular formula is C29H34N4O4. The van der Waals surface area contributed by atoms with E-state index in [4.69, 9.17) is 14.2 Å². The molecule has 1 aliphatic rings. The number of rotatable bonds is 10. The third-order valence-electron chi connectivity index (χ3n) is 6.40. The number of nitrogens with zero attached hydrogens (tertiary/aromatic N) is 3. The molecule has 3 aromatic carbocycles. The lowest BCUT2D eigenvalue weighted by atomic mass is 10.1. The molecule has 0 saturated carbocycles. The lowest BCUT2D eigenvalue weighted by Crippen LogP contribution is -2.45. The number of nitrogens with one attached hydrogen (secondary N) is 1. The van der Waals surface area contributed by atoms with Crippen LogP contribution in [0.2, 0.25) is 0 Å². The maximum absolute atomic E-state index is 12.6. The number of carbonyl (C=O) groups excluding carboxylic acids is 1. The van der Waals surface area contributed by atoms with E-state index < -0.39 is 0 Å². The Morgan fingerprint density at radius 2 is 1.35 bits per heavy atom. The molecule has 3 aromatic rings. The highest BCUT2D eigenvalue weighted by Gasteiger charge is 2.17. The maximum atomic E-state index is 12.6. The van der Waals surface area contributed by atoms with Crippen LogP contribution in [0.3, 0.4) is 0 Å². The summed E-state index contributed by atoms with van der Waals surface area (Å²) in [4.78, 5) is 17.5. The standard InChI is InChI=1S/C29H34N4O4/c1-35-26-17-24(18-27(36-2)28(26)37-3)19-30-31-29(34)25-11-9-23(10-12-25)21-33-15-13-32(14-16-33)20-22-7-5-4-6-8-22/h4-12,17-19H,13-16,20-21H2,1-3H3,(H,31,34)/b30-19-. The first-order valence-electron chi connectivity index (χ1n) is 12.3. The zero-order valence-electron chi connectivity index (χ0n) is 21.6. The van der Waals surface area contributed by atoms with Gasteiger partial charge < -0.3 is 14.2 Å². The topological polar surface area (TPSA) is 75.6 Å². The first-order chi connectivity index (χ1) is 18.1. The van der Waals surface area contributed by atoms with Crippen molar-refractivity contribution in [2.75, 3.05) is 47.5 Å². The normalized spacial score (nSPS) is 14.5. The van der Waals surface area contributed by atoms with Gasteiger partial charge in [0.15, 0.2) is 11.5 Å². The molecule has 0 aromatic heterocycles. The molecule has 1 saturated heterocycles. The molecule has 194 valence electrons. The van der Waals surface area contributed by atoms with Gasteiger partial charge in [-0.1, -0.05) is 42.5 Å². The highest BCUT2D eigenvalue weighted by Crippen LogP contribution is 2.37. The number of benzene rings is 3. The minimum absolute atomic E-state index is 0.273. The first kappa shape index (κ1) is 26.2. The Hall–Kier alpha value is -3.88. The molecule has 1 N–H and O–H groups in total. The van der Waals surface area contributed by atoms with Crippen molar-refractivity contribution in [2.24, 2.45) is 5.10 Å². The van der Waals surface area contributed by atoms with Crippen molar-refractivity contribution < 1.29 is 19.0 Å². The van der Waals surface area contributed by atoms with Gasteiger partial charge in [-0.2, -0.15) is 5.10 Å². The molecule has 0 bridgehead atoms. The summed E-state index contributed by atoms with van der Waals surface area (Å²) in [7, 11) is 4.65. The van der Waals surface area contributed by atoms with Crippen LogP contribution in [0.15, 0.2) is 71.8 Å². The summed E-state index contributed by atoms with van der Waals surface area (Å²) in [6, 6.07) is 21.8. The van der Waals surface area contributed by atoms with Gasteiger partial charge in [0.25, 0.3) is 5.91 Å². The first-order valence-corrected chi connectivity index (χ1v) is 12.3. The Morgan fingerprint density at radius 3 is 1.86 bits per heavy atom. The Balaban J connectivity index is 1.26. The molecule has 0 atom stereocenters. The Morgan fingerprint density at radius 1 is 0.811 bits per heavy atom. The van der Waals surface area contributed by atoms with Crippen LogP contribution >= 0.6 is 0 Å². The number of methoxy groups -OCH3 is 3. The van der Waals surface area contributed by atoms with Crippen molar-refractivity contribution in [1.29, 1.82) is 0 Å². The smallest absolute Gasteiger partial charge is 0.271 e. The number of amides is 1. The van der Waals surface area contributed by atoms with Crippen LogP contribution in [0.4, 0.5) is 0 Å². The average Bonchev–Trinajstić information content (AvgIpc) is 2.94.